The van der Waals surface area contributed by atoms with E-state index >= 15 is 0 Å². The van der Waals surface area contributed by atoms with E-state index in [1.165, 1.54) is 4.90 Å². The number of carboxylic acids is 1. The fourth-order valence-corrected chi connectivity index (χ4v) is 2.45. The molecule has 1 aromatic rings. The molecule has 2 rings (SSSR count). The Bertz CT molecular complexity index is 536. The van der Waals surface area contributed by atoms with Gasteiger partial charge in [-0.05, 0) is 18.6 Å². The molecule has 0 spiro atoms. The number of nitrogens with zero attached hydrogens (tertiary/aromatic N) is 1. The Balaban J connectivity index is 1.99. The highest BCUT2D eigenvalue weighted by molar-refractivity contribution is 6.32. The van der Waals surface area contributed by atoms with Crippen LogP contribution in [-0.4, -0.2) is 52.3 Å². The molecule has 7 heteroatoms. The summed E-state index contributed by atoms with van der Waals surface area (Å²) in [7, 11) is 0. The van der Waals surface area contributed by atoms with Crippen LogP contribution in [0.25, 0.3) is 0 Å². The summed E-state index contributed by atoms with van der Waals surface area (Å²) in [6, 6.07) is 5.71. The summed E-state index contributed by atoms with van der Waals surface area (Å²) in [5.74, 6) is -1.19. The molecule has 1 heterocycles. The van der Waals surface area contributed by atoms with Crippen LogP contribution in [0.5, 0.6) is 5.75 Å². The second kappa shape index (κ2) is 6.78. The smallest absolute Gasteiger partial charge is 0.326 e. The van der Waals surface area contributed by atoms with Crippen molar-refractivity contribution in [1.82, 2.24) is 4.90 Å². The maximum atomic E-state index is 12.1. The van der Waals surface area contributed by atoms with Crippen LogP contribution in [-0.2, 0) is 9.59 Å². The molecule has 114 valence electrons. The van der Waals surface area contributed by atoms with Gasteiger partial charge in [0.05, 0.1) is 11.1 Å². The van der Waals surface area contributed by atoms with E-state index in [0.717, 1.165) is 0 Å². The van der Waals surface area contributed by atoms with Gasteiger partial charge in [0.25, 0.3) is 5.91 Å². The number of benzene rings is 1. The van der Waals surface area contributed by atoms with E-state index in [0.29, 0.717) is 17.2 Å². The molecule has 21 heavy (non-hydrogen) atoms. The molecule has 0 aromatic heterocycles. The fraction of sp³-hybridized carbons (Fsp3) is 0.429. The van der Waals surface area contributed by atoms with Gasteiger partial charge in [0.15, 0.2) is 6.61 Å². The number of aliphatic carboxylic acids is 1. The average molecular weight is 314 g/mol. The highest BCUT2D eigenvalue weighted by atomic mass is 35.5. The number of ether oxygens (including phenoxy) is 1. The van der Waals surface area contributed by atoms with Crippen molar-refractivity contribution < 1.29 is 24.5 Å². The molecular formula is C14H16ClNO5. The molecule has 1 saturated heterocycles. The van der Waals surface area contributed by atoms with E-state index in [2.05, 4.69) is 0 Å². The number of hydrogen-bond acceptors (Lipinski definition) is 4. The number of carbonyl (C=O) groups excluding carboxylic acids is 1. The zero-order valence-electron chi connectivity index (χ0n) is 11.2. The Morgan fingerprint density at radius 1 is 1.38 bits per heavy atom. The van der Waals surface area contributed by atoms with Crippen LogP contribution in [0, 0.1) is 0 Å². The number of para-hydroxylation sites is 1. The number of rotatable bonds is 4. The van der Waals surface area contributed by atoms with E-state index in [4.69, 9.17) is 21.4 Å². The third-order valence-corrected chi connectivity index (χ3v) is 3.68. The summed E-state index contributed by atoms with van der Waals surface area (Å²) in [6.45, 7) is -0.0908. The maximum absolute atomic E-state index is 12.1. The molecule has 0 bridgehead atoms. The van der Waals surface area contributed by atoms with Crippen LogP contribution < -0.4 is 4.74 Å². The SMILES string of the molecule is O=C(O)[C@H]1C[C@@H](O)CCN1C(=O)COc1ccccc1Cl. The van der Waals surface area contributed by atoms with Crippen LogP contribution >= 0.6 is 11.6 Å². The van der Waals surface area contributed by atoms with E-state index < -0.39 is 24.0 Å². The van der Waals surface area contributed by atoms with E-state index in [1.807, 2.05) is 0 Å². The molecule has 0 aliphatic carbocycles. The average Bonchev–Trinajstić information content (AvgIpc) is 2.46. The van der Waals surface area contributed by atoms with Crippen molar-refractivity contribution >= 4 is 23.5 Å². The fourth-order valence-electron chi connectivity index (χ4n) is 2.26. The summed E-state index contributed by atoms with van der Waals surface area (Å²) < 4.78 is 5.33. The second-order valence-electron chi connectivity index (χ2n) is 4.84. The van der Waals surface area contributed by atoms with Crippen LogP contribution in [0.4, 0.5) is 0 Å². The van der Waals surface area contributed by atoms with Crippen LogP contribution in [0.15, 0.2) is 24.3 Å². The van der Waals surface area contributed by atoms with Gasteiger partial charge in [0.1, 0.15) is 11.8 Å². The maximum Gasteiger partial charge on any atom is 0.326 e. The number of amides is 1. The van der Waals surface area contributed by atoms with Crippen molar-refractivity contribution in [1.29, 1.82) is 0 Å². The summed E-state index contributed by atoms with van der Waals surface area (Å²) in [5, 5.41) is 19.0. The molecule has 1 fully saturated rings. The molecule has 1 aliphatic rings. The number of halogens is 1. The Hall–Kier alpha value is -1.79. The molecule has 1 amide bonds. The van der Waals surface area contributed by atoms with Gasteiger partial charge in [-0.3, -0.25) is 4.79 Å². The summed E-state index contributed by atoms with van der Waals surface area (Å²) in [4.78, 5) is 24.5. The van der Waals surface area contributed by atoms with Gasteiger partial charge in [0.2, 0.25) is 0 Å². The van der Waals surface area contributed by atoms with Crippen LogP contribution in [0.3, 0.4) is 0 Å². The lowest BCUT2D eigenvalue weighted by molar-refractivity contribution is -0.155. The van der Waals surface area contributed by atoms with Crippen LogP contribution in [0.1, 0.15) is 12.8 Å². The molecule has 0 saturated carbocycles. The zero-order valence-corrected chi connectivity index (χ0v) is 12.0. The lowest BCUT2D eigenvalue weighted by Gasteiger charge is -2.35. The normalized spacial score (nSPS) is 21.9. The van der Waals surface area contributed by atoms with Gasteiger partial charge < -0.3 is 19.8 Å². The lowest BCUT2D eigenvalue weighted by atomic mass is 9.99. The minimum absolute atomic E-state index is 0.0349. The van der Waals surface area contributed by atoms with Crippen molar-refractivity contribution in [3.05, 3.63) is 29.3 Å². The highest BCUT2D eigenvalue weighted by Gasteiger charge is 2.35. The third kappa shape index (κ3) is 3.86. The minimum atomic E-state index is -1.13. The van der Waals surface area contributed by atoms with Crippen molar-refractivity contribution in [3.63, 3.8) is 0 Å². The van der Waals surface area contributed by atoms with Gasteiger partial charge in [-0.2, -0.15) is 0 Å². The standard InChI is InChI=1S/C14H16ClNO5/c15-10-3-1-2-4-12(10)21-8-13(18)16-6-5-9(17)7-11(16)14(19)20/h1-4,9,11,17H,5-8H2,(H,19,20)/t9-,11+/m0/s1. The summed E-state index contributed by atoms with van der Waals surface area (Å²) in [5.41, 5.74) is 0. The summed E-state index contributed by atoms with van der Waals surface area (Å²) in [6.07, 6.45) is -0.297. The van der Waals surface area contributed by atoms with Gasteiger partial charge in [-0.25, -0.2) is 4.79 Å². The largest absolute Gasteiger partial charge is 0.482 e. The summed E-state index contributed by atoms with van der Waals surface area (Å²) >= 11 is 5.91. The molecule has 2 N–H and O–H groups in total. The first-order valence-corrected chi connectivity index (χ1v) is 6.94. The van der Waals surface area contributed by atoms with Crippen molar-refractivity contribution in [2.75, 3.05) is 13.2 Å². The number of piperidine rings is 1. The molecular weight excluding hydrogens is 298 g/mol. The van der Waals surface area contributed by atoms with Gasteiger partial charge in [0, 0.05) is 13.0 Å². The Morgan fingerprint density at radius 3 is 2.76 bits per heavy atom. The monoisotopic (exact) mass is 313 g/mol. The minimum Gasteiger partial charge on any atom is -0.482 e. The first kappa shape index (κ1) is 15.6. The Labute approximate surface area is 126 Å². The number of carbonyl (C=O) groups is 2. The third-order valence-electron chi connectivity index (χ3n) is 3.37. The van der Waals surface area contributed by atoms with E-state index in [-0.39, 0.29) is 19.6 Å². The molecule has 0 unspecified atom stereocenters. The van der Waals surface area contributed by atoms with E-state index in [1.54, 1.807) is 24.3 Å². The molecule has 0 radical (unpaired) electrons. The van der Waals surface area contributed by atoms with E-state index in [9.17, 15) is 14.7 Å². The molecule has 1 aromatic carbocycles. The first-order valence-electron chi connectivity index (χ1n) is 6.56. The lowest BCUT2D eigenvalue weighted by Crippen LogP contribution is -2.52. The number of hydrogen-bond donors (Lipinski definition) is 2. The number of carboxylic acid groups (broad SMARTS) is 1. The van der Waals surface area contributed by atoms with Crippen LogP contribution in [0.2, 0.25) is 5.02 Å². The Kier molecular flexibility index (Phi) is 5.03. The number of likely N-dealkylation sites (tertiary alicyclic amines) is 1. The predicted octanol–water partition coefficient (Wildman–Crippen LogP) is 1.16. The first-order chi connectivity index (χ1) is 9.99. The van der Waals surface area contributed by atoms with Crippen molar-refractivity contribution in [2.45, 2.75) is 25.0 Å². The number of aliphatic hydroxyl groups is 1. The zero-order chi connectivity index (χ0) is 15.4. The predicted molar refractivity (Wildman–Crippen MR) is 75.3 cm³/mol. The Morgan fingerprint density at radius 2 is 2.10 bits per heavy atom. The topological polar surface area (TPSA) is 87.1 Å². The quantitative estimate of drug-likeness (QED) is 0.871. The molecule has 6 nitrogen and oxygen atoms in total. The second-order valence-corrected chi connectivity index (χ2v) is 5.25. The van der Waals surface area contributed by atoms with Crippen molar-refractivity contribution in [3.8, 4) is 5.75 Å². The van der Waals surface area contributed by atoms with Gasteiger partial charge in [-0.1, -0.05) is 23.7 Å². The number of aliphatic hydroxyl groups excluding tert-OH is 1. The highest BCUT2D eigenvalue weighted by Crippen LogP contribution is 2.24. The van der Waals surface area contributed by atoms with Gasteiger partial charge >= 0.3 is 5.97 Å². The van der Waals surface area contributed by atoms with Crippen molar-refractivity contribution in [2.24, 2.45) is 0 Å². The molecule has 1 aliphatic heterocycles. The molecule has 2 atom stereocenters. The van der Waals surface area contributed by atoms with Gasteiger partial charge in [-0.15, -0.1) is 0 Å².